The van der Waals surface area contributed by atoms with Gasteiger partial charge in [-0.3, -0.25) is 9.59 Å². The van der Waals surface area contributed by atoms with Crippen molar-refractivity contribution < 1.29 is 14.5 Å². The lowest BCUT2D eigenvalue weighted by atomic mass is 10.1. The van der Waals surface area contributed by atoms with E-state index < -0.39 is 0 Å². The SMILES string of the molecule is CSc1ccc(C[NH+](C)CC(=O)Nc2ccccc2C(=O)NC2CC2)cc1. The van der Waals surface area contributed by atoms with Gasteiger partial charge in [-0.05, 0) is 43.4 Å². The zero-order chi connectivity index (χ0) is 19.2. The van der Waals surface area contributed by atoms with Crippen molar-refractivity contribution in [2.75, 3.05) is 25.2 Å². The third kappa shape index (κ3) is 5.84. The molecule has 0 saturated heterocycles. The summed E-state index contributed by atoms with van der Waals surface area (Å²) in [6, 6.07) is 15.8. The zero-order valence-electron chi connectivity index (χ0n) is 15.7. The Balaban J connectivity index is 1.56. The smallest absolute Gasteiger partial charge is 0.279 e. The maximum Gasteiger partial charge on any atom is 0.279 e. The molecule has 0 aliphatic heterocycles. The molecule has 0 heterocycles. The minimum Gasteiger partial charge on any atom is -0.349 e. The molecule has 1 unspecified atom stereocenters. The first-order chi connectivity index (χ1) is 13.0. The average Bonchev–Trinajstić information content (AvgIpc) is 3.46. The van der Waals surface area contributed by atoms with Gasteiger partial charge >= 0.3 is 0 Å². The van der Waals surface area contributed by atoms with Crippen LogP contribution in [0.1, 0.15) is 28.8 Å². The number of anilines is 1. The van der Waals surface area contributed by atoms with Crippen LogP contribution in [0.25, 0.3) is 0 Å². The highest BCUT2D eigenvalue weighted by Crippen LogP contribution is 2.21. The first-order valence-corrected chi connectivity index (χ1v) is 10.4. The summed E-state index contributed by atoms with van der Waals surface area (Å²) >= 11 is 1.72. The molecule has 3 N–H and O–H groups in total. The number of carbonyl (C=O) groups excluding carboxylic acids is 2. The van der Waals surface area contributed by atoms with Gasteiger partial charge in [-0.2, -0.15) is 0 Å². The van der Waals surface area contributed by atoms with Crippen LogP contribution >= 0.6 is 11.8 Å². The monoisotopic (exact) mass is 384 g/mol. The number of hydrogen-bond acceptors (Lipinski definition) is 3. The van der Waals surface area contributed by atoms with E-state index in [1.807, 2.05) is 19.2 Å². The summed E-state index contributed by atoms with van der Waals surface area (Å²) in [7, 11) is 1.99. The predicted octanol–water partition coefficient (Wildman–Crippen LogP) is 1.95. The van der Waals surface area contributed by atoms with E-state index in [4.69, 9.17) is 0 Å². The first-order valence-electron chi connectivity index (χ1n) is 9.19. The van der Waals surface area contributed by atoms with Gasteiger partial charge in [-0.15, -0.1) is 11.8 Å². The van der Waals surface area contributed by atoms with Gasteiger partial charge in [0, 0.05) is 16.5 Å². The van der Waals surface area contributed by atoms with E-state index in [0.717, 1.165) is 24.3 Å². The van der Waals surface area contributed by atoms with E-state index in [9.17, 15) is 9.59 Å². The summed E-state index contributed by atoms with van der Waals surface area (Å²) in [5, 5.41) is 5.87. The second-order valence-electron chi connectivity index (χ2n) is 7.00. The molecule has 1 fully saturated rings. The van der Waals surface area contributed by atoms with Gasteiger partial charge < -0.3 is 15.5 Å². The number of amides is 2. The van der Waals surface area contributed by atoms with Crippen LogP contribution in [0, 0.1) is 0 Å². The molecular weight excluding hydrogens is 358 g/mol. The third-order valence-electron chi connectivity index (χ3n) is 4.49. The molecule has 5 nitrogen and oxygen atoms in total. The van der Waals surface area contributed by atoms with Crippen molar-refractivity contribution in [3.63, 3.8) is 0 Å². The molecule has 2 aromatic carbocycles. The fraction of sp³-hybridized carbons (Fsp3) is 0.333. The highest BCUT2D eigenvalue weighted by molar-refractivity contribution is 7.98. The molecule has 0 spiro atoms. The van der Waals surface area contributed by atoms with Crippen LogP contribution in [0.3, 0.4) is 0 Å². The maximum absolute atomic E-state index is 12.5. The summed E-state index contributed by atoms with van der Waals surface area (Å²) in [5.74, 6) is -0.220. The van der Waals surface area contributed by atoms with E-state index in [1.165, 1.54) is 10.5 Å². The summed E-state index contributed by atoms with van der Waals surface area (Å²) in [6.45, 7) is 1.11. The molecule has 3 rings (SSSR count). The maximum atomic E-state index is 12.5. The second kappa shape index (κ2) is 9.06. The Kier molecular flexibility index (Phi) is 6.53. The number of quaternary nitrogens is 1. The van der Waals surface area contributed by atoms with Crippen molar-refractivity contribution in [3.8, 4) is 0 Å². The first kappa shape index (κ1) is 19.5. The molecule has 2 amide bonds. The second-order valence-corrected chi connectivity index (χ2v) is 7.88. The molecule has 0 radical (unpaired) electrons. The average molecular weight is 385 g/mol. The van der Waals surface area contributed by atoms with Gasteiger partial charge in [-0.1, -0.05) is 24.3 Å². The fourth-order valence-electron chi connectivity index (χ4n) is 2.90. The van der Waals surface area contributed by atoms with Crippen molar-refractivity contribution in [1.82, 2.24) is 5.32 Å². The van der Waals surface area contributed by atoms with Gasteiger partial charge in [0.15, 0.2) is 6.54 Å². The zero-order valence-corrected chi connectivity index (χ0v) is 16.6. The molecule has 0 bridgehead atoms. The Hall–Kier alpha value is -2.31. The molecule has 1 saturated carbocycles. The van der Waals surface area contributed by atoms with Crippen LogP contribution in [0.2, 0.25) is 0 Å². The standard InChI is InChI=1S/C21H25N3O2S/c1-24(13-15-7-11-17(27-2)12-8-15)14-20(25)23-19-6-4-3-5-18(19)21(26)22-16-9-10-16/h3-8,11-12,16H,9-10,13-14H2,1-2H3,(H,22,26)(H,23,25)/p+1. The minimum atomic E-state index is -0.122. The highest BCUT2D eigenvalue weighted by Gasteiger charge is 2.25. The third-order valence-corrected chi connectivity index (χ3v) is 5.23. The Bertz CT molecular complexity index is 803. The van der Waals surface area contributed by atoms with Crippen molar-refractivity contribution in [3.05, 3.63) is 59.7 Å². The number of carbonyl (C=O) groups is 2. The van der Waals surface area contributed by atoms with E-state index >= 15 is 0 Å². The lowest BCUT2D eigenvalue weighted by Gasteiger charge is -2.15. The molecule has 1 aliphatic rings. The summed E-state index contributed by atoms with van der Waals surface area (Å²) in [5.41, 5.74) is 2.28. The van der Waals surface area contributed by atoms with Crippen LogP contribution in [0.15, 0.2) is 53.4 Å². The lowest BCUT2D eigenvalue weighted by Crippen LogP contribution is -3.08. The van der Waals surface area contributed by atoms with Crippen molar-refractivity contribution >= 4 is 29.3 Å². The molecule has 1 aliphatic carbocycles. The molecule has 0 aromatic heterocycles. The van der Waals surface area contributed by atoms with Crippen molar-refractivity contribution in [1.29, 1.82) is 0 Å². The molecular formula is C21H26N3O2S+. The van der Waals surface area contributed by atoms with Gasteiger partial charge in [0.1, 0.15) is 6.54 Å². The lowest BCUT2D eigenvalue weighted by molar-refractivity contribution is -0.885. The van der Waals surface area contributed by atoms with Gasteiger partial charge in [0.25, 0.3) is 11.8 Å². The van der Waals surface area contributed by atoms with Crippen LogP contribution in [0.4, 0.5) is 5.69 Å². The Labute approximate surface area is 164 Å². The summed E-state index contributed by atoms with van der Waals surface area (Å²) in [4.78, 5) is 27.1. The van der Waals surface area contributed by atoms with Crippen LogP contribution in [-0.4, -0.2) is 37.7 Å². The summed E-state index contributed by atoms with van der Waals surface area (Å²) < 4.78 is 0. The van der Waals surface area contributed by atoms with Crippen molar-refractivity contribution in [2.24, 2.45) is 0 Å². The number of hydrogen-bond donors (Lipinski definition) is 3. The van der Waals surface area contributed by atoms with Gasteiger partial charge in [0.2, 0.25) is 0 Å². The fourth-order valence-corrected chi connectivity index (χ4v) is 3.31. The minimum absolute atomic E-state index is 0.0973. The largest absolute Gasteiger partial charge is 0.349 e. The van der Waals surface area contributed by atoms with Crippen molar-refractivity contribution in [2.45, 2.75) is 30.3 Å². The van der Waals surface area contributed by atoms with Crippen LogP contribution in [0.5, 0.6) is 0 Å². The molecule has 6 heteroatoms. The van der Waals surface area contributed by atoms with Crippen LogP contribution < -0.4 is 15.5 Å². The number of likely N-dealkylation sites (N-methyl/N-ethyl adjacent to an activating group) is 1. The molecule has 2 aromatic rings. The molecule has 142 valence electrons. The van der Waals surface area contributed by atoms with E-state index in [0.29, 0.717) is 17.8 Å². The molecule has 1 atom stereocenters. The van der Waals surface area contributed by atoms with Gasteiger partial charge in [0.05, 0.1) is 18.3 Å². The number of nitrogens with one attached hydrogen (secondary N) is 3. The van der Waals surface area contributed by atoms with Gasteiger partial charge in [-0.25, -0.2) is 0 Å². The van der Waals surface area contributed by atoms with E-state index in [2.05, 4.69) is 41.2 Å². The van der Waals surface area contributed by atoms with E-state index in [-0.39, 0.29) is 17.9 Å². The van der Waals surface area contributed by atoms with E-state index in [1.54, 1.807) is 23.9 Å². The Morgan fingerprint density at radius 3 is 2.48 bits per heavy atom. The predicted molar refractivity (Wildman–Crippen MR) is 109 cm³/mol. The van der Waals surface area contributed by atoms with Crippen LogP contribution in [-0.2, 0) is 11.3 Å². The quantitative estimate of drug-likeness (QED) is 0.610. The molecule has 27 heavy (non-hydrogen) atoms. The summed E-state index contributed by atoms with van der Waals surface area (Å²) in [6.07, 6.45) is 4.12. The number of benzene rings is 2. The Morgan fingerprint density at radius 1 is 1.11 bits per heavy atom. The normalized spacial score (nSPS) is 14.4. The number of rotatable bonds is 8. The topological polar surface area (TPSA) is 62.6 Å². The Morgan fingerprint density at radius 2 is 1.81 bits per heavy atom. The highest BCUT2D eigenvalue weighted by atomic mass is 32.2. The number of thioether (sulfide) groups is 1. The number of para-hydroxylation sites is 1.